The highest BCUT2D eigenvalue weighted by Gasteiger charge is 2.29. The molecule has 2 heteroatoms. The summed E-state index contributed by atoms with van der Waals surface area (Å²) in [4.78, 5) is 2.44. The van der Waals surface area contributed by atoms with Gasteiger partial charge in [-0.2, -0.15) is 0 Å². The fourth-order valence-corrected chi connectivity index (χ4v) is 2.84. The number of rotatable bonds is 2. The normalized spacial score (nSPS) is 17.7. The van der Waals surface area contributed by atoms with Gasteiger partial charge >= 0.3 is 0 Å². The van der Waals surface area contributed by atoms with E-state index in [0.717, 1.165) is 6.54 Å². The molecule has 17 heavy (non-hydrogen) atoms. The maximum absolute atomic E-state index is 5.72. The summed E-state index contributed by atoms with van der Waals surface area (Å²) in [6, 6.07) is 6.56. The van der Waals surface area contributed by atoms with Gasteiger partial charge in [0.15, 0.2) is 0 Å². The van der Waals surface area contributed by atoms with Gasteiger partial charge in [-0.15, -0.1) is 0 Å². The van der Waals surface area contributed by atoms with Crippen molar-refractivity contribution in [2.75, 3.05) is 11.4 Å². The van der Waals surface area contributed by atoms with E-state index in [1.54, 1.807) is 0 Å². The topological polar surface area (TPSA) is 29.3 Å². The maximum Gasteiger partial charge on any atom is 0.0534 e. The SMILES string of the molecule is CCN1c2ccc(CN)cc2C(C)=CC1(C)C. The Bertz CT molecular complexity index is 458. The number of nitrogens with zero attached hydrogens (tertiary/aromatic N) is 1. The Morgan fingerprint density at radius 3 is 2.59 bits per heavy atom. The number of fused-ring (bicyclic) bond motifs is 1. The van der Waals surface area contributed by atoms with Crippen LogP contribution in [-0.4, -0.2) is 12.1 Å². The van der Waals surface area contributed by atoms with Gasteiger partial charge in [0.2, 0.25) is 0 Å². The first kappa shape index (κ1) is 12.2. The van der Waals surface area contributed by atoms with Gasteiger partial charge in [-0.3, -0.25) is 0 Å². The van der Waals surface area contributed by atoms with Crippen LogP contribution in [0.3, 0.4) is 0 Å². The molecule has 0 fully saturated rings. The van der Waals surface area contributed by atoms with Gasteiger partial charge in [0.05, 0.1) is 5.54 Å². The highest BCUT2D eigenvalue weighted by atomic mass is 15.2. The summed E-state index contributed by atoms with van der Waals surface area (Å²) in [5.74, 6) is 0. The monoisotopic (exact) mass is 230 g/mol. The van der Waals surface area contributed by atoms with E-state index >= 15 is 0 Å². The standard InChI is InChI=1S/C15H22N2/c1-5-17-14-7-6-12(10-16)8-13(14)11(2)9-15(17,3)4/h6-9H,5,10,16H2,1-4H3. The van der Waals surface area contributed by atoms with E-state index in [0.29, 0.717) is 6.54 Å². The molecular weight excluding hydrogens is 208 g/mol. The summed E-state index contributed by atoms with van der Waals surface area (Å²) in [6.07, 6.45) is 2.35. The second-order valence-corrected chi connectivity index (χ2v) is 5.28. The zero-order chi connectivity index (χ0) is 12.6. The van der Waals surface area contributed by atoms with Crippen molar-refractivity contribution in [3.63, 3.8) is 0 Å². The van der Waals surface area contributed by atoms with Crippen LogP contribution in [-0.2, 0) is 6.54 Å². The van der Waals surface area contributed by atoms with Crippen LogP contribution in [0.25, 0.3) is 5.57 Å². The van der Waals surface area contributed by atoms with Crippen LogP contribution in [0.5, 0.6) is 0 Å². The molecule has 0 aliphatic carbocycles. The number of nitrogens with two attached hydrogens (primary N) is 1. The Labute approximate surface area is 104 Å². The molecule has 1 heterocycles. The minimum atomic E-state index is 0.0933. The highest BCUT2D eigenvalue weighted by Crippen LogP contribution is 2.38. The number of allylic oxidation sites excluding steroid dienone is 1. The molecule has 1 aliphatic rings. The number of hydrogen-bond donors (Lipinski definition) is 1. The largest absolute Gasteiger partial charge is 0.363 e. The average Bonchev–Trinajstić information content (AvgIpc) is 2.28. The van der Waals surface area contributed by atoms with Gasteiger partial charge in [0.25, 0.3) is 0 Å². The summed E-state index contributed by atoms with van der Waals surface area (Å²) in [5, 5.41) is 0. The van der Waals surface area contributed by atoms with Gasteiger partial charge in [0, 0.05) is 24.3 Å². The van der Waals surface area contributed by atoms with Crippen molar-refractivity contribution < 1.29 is 0 Å². The van der Waals surface area contributed by atoms with E-state index in [1.807, 2.05) is 0 Å². The van der Waals surface area contributed by atoms with Crippen LogP contribution in [0.15, 0.2) is 24.3 Å². The summed E-state index contributed by atoms with van der Waals surface area (Å²) in [6.45, 7) is 10.5. The van der Waals surface area contributed by atoms with Crippen molar-refractivity contribution in [1.29, 1.82) is 0 Å². The number of anilines is 1. The summed E-state index contributed by atoms with van der Waals surface area (Å²) < 4.78 is 0. The smallest absolute Gasteiger partial charge is 0.0534 e. The van der Waals surface area contributed by atoms with Crippen molar-refractivity contribution in [3.8, 4) is 0 Å². The number of likely N-dealkylation sites (N-methyl/N-ethyl adjacent to an activating group) is 1. The molecule has 0 unspecified atom stereocenters. The quantitative estimate of drug-likeness (QED) is 0.845. The first-order valence-corrected chi connectivity index (χ1v) is 6.30. The minimum Gasteiger partial charge on any atom is -0.363 e. The second kappa shape index (κ2) is 4.19. The molecule has 0 saturated heterocycles. The molecule has 0 radical (unpaired) electrons. The molecule has 1 aliphatic heterocycles. The van der Waals surface area contributed by atoms with Gasteiger partial charge < -0.3 is 10.6 Å². The van der Waals surface area contributed by atoms with Gasteiger partial charge in [-0.1, -0.05) is 12.1 Å². The molecule has 0 atom stereocenters. The van der Waals surface area contributed by atoms with E-state index in [9.17, 15) is 0 Å². The molecule has 0 bridgehead atoms. The molecule has 1 aromatic rings. The van der Waals surface area contributed by atoms with Crippen molar-refractivity contribution in [2.45, 2.75) is 39.8 Å². The zero-order valence-corrected chi connectivity index (χ0v) is 11.2. The lowest BCUT2D eigenvalue weighted by Crippen LogP contribution is -2.44. The lowest BCUT2D eigenvalue weighted by atomic mass is 9.88. The third-order valence-corrected chi connectivity index (χ3v) is 3.59. The fourth-order valence-electron chi connectivity index (χ4n) is 2.84. The van der Waals surface area contributed by atoms with Gasteiger partial charge in [-0.05, 0) is 51.0 Å². The summed E-state index contributed by atoms with van der Waals surface area (Å²) in [7, 11) is 0. The molecular formula is C15H22N2. The molecule has 1 aromatic carbocycles. The molecule has 2 nitrogen and oxygen atoms in total. The first-order valence-electron chi connectivity index (χ1n) is 6.30. The summed E-state index contributed by atoms with van der Waals surface area (Å²) >= 11 is 0. The molecule has 2 rings (SSSR count). The summed E-state index contributed by atoms with van der Waals surface area (Å²) in [5.41, 5.74) is 11.0. The molecule has 0 spiro atoms. The third-order valence-electron chi connectivity index (χ3n) is 3.59. The Hall–Kier alpha value is -1.28. The zero-order valence-electron chi connectivity index (χ0n) is 11.2. The van der Waals surface area contributed by atoms with E-state index in [1.165, 1.54) is 22.4 Å². The first-order chi connectivity index (χ1) is 7.99. The molecule has 2 N–H and O–H groups in total. The third kappa shape index (κ3) is 1.98. The Morgan fingerprint density at radius 1 is 1.29 bits per heavy atom. The molecule has 0 saturated carbocycles. The van der Waals surface area contributed by atoms with E-state index < -0.39 is 0 Å². The van der Waals surface area contributed by atoms with Gasteiger partial charge in [-0.25, -0.2) is 0 Å². The van der Waals surface area contributed by atoms with Crippen molar-refractivity contribution in [3.05, 3.63) is 35.4 Å². The van der Waals surface area contributed by atoms with Crippen LogP contribution in [0.1, 0.15) is 38.8 Å². The van der Waals surface area contributed by atoms with Gasteiger partial charge in [0.1, 0.15) is 0 Å². The average molecular weight is 230 g/mol. The Kier molecular flexibility index (Phi) is 3.00. The van der Waals surface area contributed by atoms with Crippen LogP contribution in [0, 0.1) is 0 Å². The second-order valence-electron chi connectivity index (χ2n) is 5.28. The fraction of sp³-hybridized carbons (Fsp3) is 0.467. The van der Waals surface area contributed by atoms with Crippen LogP contribution < -0.4 is 10.6 Å². The highest BCUT2D eigenvalue weighted by molar-refractivity contribution is 5.81. The lowest BCUT2D eigenvalue weighted by molar-refractivity contribution is 0.566. The predicted octanol–water partition coefficient (Wildman–Crippen LogP) is 3.17. The van der Waals surface area contributed by atoms with Crippen LogP contribution in [0.2, 0.25) is 0 Å². The molecule has 92 valence electrons. The van der Waals surface area contributed by atoms with Crippen LogP contribution in [0.4, 0.5) is 5.69 Å². The van der Waals surface area contributed by atoms with Crippen LogP contribution >= 0.6 is 0 Å². The van der Waals surface area contributed by atoms with Crippen molar-refractivity contribution in [1.82, 2.24) is 0 Å². The Balaban J connectivity index is 2.59. The van der Waals surface area contributed by atoms with E-state index in [-0.39, 0.29) is 5.54 Å². The van der Waals surface area contributed by atoms with Crippen molar-refractivity contribution >= 4 is 11.3 Å². The number of benzene rings is 1. The van der Waals surface area contributed by atoms with E-state index in [2.05, 4.69) is 56.9 Å². The molecule has 0 amide bonds. The predicted molar refractivity (Wildman–Crippen MR) is 75.1 cm³/mol. The minimum absolute atomic E-state index is 0.0933. The number of hydrogen-bond acceptors (Lipinski definition) is 2. The van der Waals surface area contributed by atoms with Crippen molar-refractivity contribution in [2.24, 2.45) is 5.73 Å². The van der Waals surface area contributed by atoms with E-state index in [4.69, 9.17) is 5.73 Å². The maximum atomic E-state index is 5.72. The lowest BCUT2D eigenvalue weighted by Gasteiger charge is -2.42. The Morgan fingerprint density at radius 2 is 2.00 bits per heavy atom. The molecule has 0 aromatic heterocycles.